The summed E-state index contributed by atoms with van der Waals surface area (Å²) in [5.41, 5.74) is 0.0630. The van der Waals surface area contributed by atoms with Gasteiger partial charge in [-0.2, -0.15) is 4.98 Å². The Kier molecular flexibility index (Phi) is 3.86. The Balaban J connectivity index is 1.95. The van der Waals surface area contributed by atoms with Crippen molar-refractivity contribution < 1.29 is 14.2 Å². The van der Waals surface area contributed by atoms with E-state index in [4.69, 9.17) is 9.26 Å². The van der Waals surface area contributed by atoms with Crippen LogP contribution in [-0.2, 0) is 4.74 Å². The fourth-order valence-corrected chi connectivity index (χ4v) is 3.04. The van der Waals surface area contributed by atoms with E-state index in [0.29, 0.717) is 18.3 Å². The van der Waals surface area contributed by atoms with Gasteiger partial charge in [0.2, 0.25) is 5.82 Å². The van der Waals surface area contributed by atoms with E-state index in [-0.39, 0.29) is 11.8 Å². The third kappa shape index (κ3) is 2.70. The van der Waals surface area contributed by atoms with Crippen LogP contribution in [0.5, 0.6) is 0 Å². The van der Waals surface area contributed by atoms with Crippen LogP contribution < -0.4 is 0 Å². The molecular weight excluding hydrogens is 306 g/mol. The Bertz CT molecular complexity index is 826. The number of rotatable bonds is 5. The summed E-state index contributed by atoms with van der Waals surface area (Å²) in [6.07, 6.45) is -0.238. The lowest BCUT2D eigenvalue weighted by Gasteiger charge is -2.04. The molecule has 7 nitrogen and oxygen atoms in total. The molecule has 0 fully saturated rings. The van der Waals surface area contributed by atoms with Crippen LogP contribution in [0.15, 0.2) is 28.8 Å². The molecule has 3 aromatic rings. The second kappa shape index (κ2) is 5.82. The predicted molar refractivity (Wildman–Crippen MR) is 81.8 cm³/mol. The quantitative estimate of drug-likeness (QED) is 0.522. The summed E-state index contributed by atoms with van der Waals surface area (Å²) in [6.45, 7) is 4.32. The first-order valence-corrected chi connectivity index (χ1v) is 7.53. The Labute approximate surface area is 129 Å². The van der Waals surface area contributed by atoms with Gasteiger partial charge in [-0.3, -0.25) is 10.1 Å². The van der Waals surface area contributed by atoms with Crippen LogP contribution in [0.3, 0.4) is 0 Å². The third-order valence-electron chi connectivity index (χ3n) is 3.14. The standard InChI is InChI=1S/C14H13N3O4S/c1-3-20-8(2)13-15-14(21-16-13)12-7-9-6-10(17(18)19)4-5-11(9)22-12/h4-8H,3H2,1-2H3/t8-/m0/s1. The van der Waals surface area contributed by atoms with Crippen molar-refractivity contribution in [2.24, 2.45) is 0 Å². The second-order valence-electron chi connectivity index (χ2n) is 4.65. The molecule has 0 unspecified atom stereocenters. The van der Waals surface area contributed by atoms with Crippen LogP contribution in [0.1, 0.15) is 25.8 Å². The molecule has 1 aromatic carbocycles. The number of aromatic nitrogens is 2. The summed E-state index contributed by atoms with van der Waals surface area (Å²) in [5.74, 6) is 0.880. The second-order valence-corrected chi connectivity index (χ2v) is 5.73. The molecule has 0 amide bonds. The minimum Gasteiger partial charge on any atom is -0.371 e. The van der Waals surface area contributed by atoms with Gasteiger partial charge < -0.3 is 9.26 Å². The summed E-state index contributed by atoms with van der Waals surface area (Å²) in [5, 5.41) is 15.5. The molecule has 0 saturated carbocycles. The van der Waals surface area contributed by atoms with Crippen LogP contribution in [0.2, 0.25) is 0 Å². The third-order valence-corrected chi connectivity index (χ3v) is 4.25. The van der Waals surface area contributed by atoms with E-state index < -0.39 is 4.92 Å². The maximum Gasteiger partial charge on any atom is 0.270 e. The van der Waals surface area contributed by atoms with Gasteiger partial charge in [0.05, 0.1) is 9.80 Å². The van der Waals surface area contributed by atoms with Crippen molar-refractivity contribution in [1.29, 1.82) is 0 Å². The fraction of sp³-hybridized carbons (Fsp3) is 0.286. The van der Waals surface area contributed by atoms with E-state index >= 15 is 0 Å². The van der Waals surface area contributed by atoms with Gasteiger partial charge in [-0.05, 0) is 26.0 Å². The minimum atomic E-state index is -0.411. The normalized spacial score (nSPS) is 12.6. The van der Waals surface area contributed by atoms with E-state index in [1.165, 1.54) is 23.5 Å². The van der Waals surface area contributed by atoms with Gasteiger partial charge in [0.15, 0.2) is 0 Å². The molecule has 0 N–H and O–H groups in total. The number of ether oxygens (including phenoxy) is 1. The van der Waals surface area contributed by atoms with Crippen molar-refractivity contribution in [2.75, 3.05) is 6.61 Å². The Morgan fingerprint density at radius 2 is 2.27 bits per heavy atom. The van der Waals surface area contributed by atoms with Gasteiger partial charge in [0, 0.05) is 28.8 Å². The van der Waals surface area contributed by atoms with Gasteiger partial charge in [-0.1, -0.05) is 5.16 Å². The first-order chi connectivity index (χ1) is 10.6. The Morgan fingerprint density at radius 1 is 1.45 bits per heavy atom. The number of hydrogen-bond donors (Lipinski definition) is 0. The monoisotopic (exact) mass is 319 g/mol. The van der Waals surface area contributed by atoms with Crippen LogP contribution >= 0.6 is 11.3 Å². The van der Waals surface area contributed by atoms with E-state index in [1.807, 2.05) is 19.9 Å². The van der Waals surface area contributed by atoms with Crippen LogP contribution in [-0.4, -0.2) is 21.7 Å². The number of nitro groups is 1. The number of fused-ring (bicyclic) bond motifs is 1. The molecular formula is C14H13N3O4S. The molecule has 0 spiro atoms. The van der Waals surface area contributed by atoms with E-state index in [2.05, 4.69) is 10.1 Å². The Morgan fingerprint density at radius 3 is 3.00 bits per heavy atom. The van der Waals surface area contributed by atoms with Gasteiger partial charge in [-0.25, -0.2) is 0 Å². The van der Waals surface area contributed by atoms with Crippen LogP contribution in [0.25, 0.3) is 20.9 Å². The first kappa shape index (κ1) is 14.6. The first-order valence-electron chi connectivity index (χ1n) is 6.72. The Hall–Kier alpha value is -2.32. The number of nitro benzene ring substituents is 1. The number of nitrogens with zero attached hydrogens (tertiary/aromatic N) is 3. The molecule has 114 valence electrons. The number of benzene rings is 1. The highest BCUT2D eigenvalue weighted by molar-refractivity contribution is 7.22. The largest absolute Gasteiger partial charge is 0.371 e. The fourth-order valence-electron chi connectivity index (χ4n) is 2.07. The molecule has 0 bridgehead atoms. The molecule has 0 aliphatic rings. The highest BCUT2D eigenvalue weighted by Crippen LogP contribution is 2.34. The van der Waals surface area contributed by atoms with Gasteiger partial charge >= 0.3 is 0 Å². The average Bonchev–Trinajstić information content (AvgIpc) is 3.13. The summed E-state index contributed by atoms with van der Waals surface area (Å²) >= 11 is 1.45. The average molecular weight is 319 g/mol. The zero-order valence-electron chi connectivity index (χ0n) is 12.0. The molecule has 8 heteroatoms. The highest BCUT2D eigenvalue weighted by Gasteiger charge is 2.17. The van der Waals surface area contributed by atoms with E-state index in [0.717, 1.165) is 15.0 Å². The lowest BCUT2D eigenvalue weighted by molar-refractivity contribution is -0.384. The predicted octanol–water partition coefficient (Wildman–Crippen LogP) is 3.96. The molecule has 0 radical (unpaired) electrons. The summed E-state index contributed by atoms with van der Waals surface area (Å²) < 4.78 is 11.6. The number of thiophene rings is 1. The van der Waals surface area contributed by atoms with Crippen molar-refractivity contribution in [3.8, 4) is 10.8 Å². The SMILES string of the molecule is CCO[C@@H](C)c1noc(-c2cc3cc([N+](=O)[O-])ccc3s2)n1. The number of non-ortho nitro benzene ring substituents is 1. The molecule has 2 heterocycles. The minimum absolute atomic E-state index is 0.0630. The maximum atomic E-state index is 10.8. The number of hydrogen-bond acceptors (Lipinski definition) is 7. The summed E-state index contributed by atoms with van der Waals surface area (Å²) in [7, 11) is 0. The molecule has 3 rings (SSSR count). The topological polar surface area (TPSA) is 91.3 Å². The summed E-state index contributed by atoms with van der Waals surface area (Å²) in [6, 6.07) is 6.56. The van der Waals surface area contributed by atoms with Crippen molar-refractivity contribution in [3.63, 3.8) is 0 Å². The molecule has 0 saturated heterocycles. The molecule has 2 aromatic heterocycles. The van der Waals surface area contributed by atoms with Gasteiger partial charge in [-0.15, -0.1) is 11.3 Å². The zero-order chi connectivity index (χ0) is 15.7. The lowest BCUT2D eigenvalue weighted by atomic mass is 10.2. The van der Waals surface area contributed by atoms with Gasteiger partial charge in [0.25, 0.3) is 11.6 Å². The molecule has 0 aliphatic carbocycles. The van der Waals surface area contributed by atoms with Crippen molar-refractivity contribution in [3.05, 3.63) is 40.2 Å². The van der Waals surface area contributed by atoms with E-state index in [1.54, 1.807) is 6.07 Å². The van der Waals surface area contributed by atoms with Crippen molar-refractivity contribution in [2.45, 2.75) is 20.0 Å². The van der Waals surface area contributed by atoms with Crippen molar-refractivity contribution >= 4 is 27.1 Å². The lowest BCUT2D eigenvalue weighted by Crippen LogP contribution is -2.01. The molecule has 1 atom stereocenters. The zero-order valence-corrected chi connectivity index (χ0v) is 12.8. The van der Waals surface area contributed by atoms with Gasteiger partial charge in [0.1, 0.15) is 6.10 Å². The van der Waals surface area contributed by atoms with Crippen molar-refractivity contribution in [1.82, 2.24) is 10.1 Å². The smallest absolute Gasteiger partial charge is 0.270 e. The summed E-state index contributed by atoms with van der Waals surface area (Å²) in [4.78, 5) is 15.5. The highest BCUT2D eigenvalue weighted by atomic mass is 32.1. The molecule has 22 heavy (non-hydrogen) atoms. The molecule has 0 aliphatic heterocycles. The van der Waals surface area contributed by atoms with Crippen LogP contribution in [0.4, 0.5) is 5.69 Å². The van der Waals surface area contributed by atoms with Crippen LogP contribution in [0, 0.1) is 10.1 Å². The van der Waals surface area contributed by atoms with E-state index in [9.17, 15) is 10.1 Å². The maximum absolute atomic E-state index is 10.8.